The number of hydrogen-bond donors (Lipinski definition) is 1. The minimum absolute atomic E-state index is 0.137. The Hall–Kier alpha value is -1.36. The number of hydrogen-bond acceptors (Lipinski definition) is 5. The van der Waals surface area contributed by atoms with Crippen LogP contribution >= 0.6 is 0 Å². The molecular weight excluding hydrogens is 228 g/mol. The third-order valence-corrected chi connectivity index (χ3v) is 3.05. The van der Waals surface area contributed by atoms with Gasteiger partial charge in [-0.25, -0.2) is 4.98 Å². The Morgan fingerprint density at radius 3 is 3.11 bits per heavy atom. The Bertz CT molecular complexity index is 383. The summed E-state index contributed by atoms with van der Waals surface area (Å²) in [7, 11) is 0. The Kier molecular flexibility index (Phi) is 4.36. The maximum atomic E-state index is 5.62. The van der Waals surface area contributed by atoms with Gasteiger partial charge in [0, 0.05) is 37.9 Å². The number of piperazine rings is 1. The van der Waals surface area contributed by atoms with Crippen LogP contribution in [-0.4, -0.2) is 41.7 Å². The van der Waals surface area contributed by atoms with E-state index < -0.39 is 0 Å². The standard InChI is InChI=1S/C13H22N4O/c1-4-11-9-14-7-8-17(11)13-15-6-5-12(16-13)18-10(2)3/h5-6,10-11,14H,4,7-9H2,1-3H3. The van der Waals surface area contributed by atoms with Crippen LogP contribution in [0.1, 0.15) is 27.2 Å². The van der Waals surface area contributed by atoms with E-state index in [-0.39, 0.29) is 6.10 Å². The molecular formula is C13H22N4O. The lowest BCUT2D eigenvalue weighted by Gasteiger charge is -2.35. The number of rotatable bonds is 4. The lowest BCUT2D eigenvalue weighted by Crippen LogP contribution is -2.51. The van der Waals surface area contributed by atoms with Gasteiger partial charge in [0.1, 0.15) is 0 Å². The largest absolute Gasteiger partial charge is 0.475 e. The molecule has 0 aromatic carbocycles. The number of nitrogens with zero attached hydrogens (tertiary/aromatic N) is 3. The van der Waals surface area contributed by atoms with Crippen molar-refractivity contribution >= 4 is 5.95 Å². The highest BCUT2D eigenvalue weighted by atomic mass is 16.5. The Morgan fingerprint density at radius 1 is 1.56 bits per heavy atom. The van der Waals surface area contributed by atoms with Crippen molar-refractivity contribution in [2.45, 2.75) is 39.3 Å². The molecule has 0 bridgehead atoms. The number of aromatic nitrogens is 2. The SMILES string of the molecule is CCC1CNCCN1c1nccc(OC(C)C)n1. The van der Waals surface area contributed by atoms with Crippen LogP contribution in [0.2, 0.25) is 0 Å². The highest BCUT2D eigenvalue weighted by Gasteiger charge is 2.23. The normalized spacial score (nSPS) is 20.2. The summed E-state index contributed by atoms with van der Waals surface area (Å²) in [5.74, 6) is 1.44. The van der Waals surface area contributed by atoms with Crippen molar-refractivity contribution in [1.82, 2.24) is 15.3 Å². The molecule has 1 unspecified atom stereocenters. The Balaban J connectivity index is 2.15. The molecule has 5 nitrogen and oxygen atoms in total. The van der Waals surface area contributed by atoms with E-state index in [9.17, 15) is 0 Å². The monoisotopic (exact) mass is 250 g/mol. The van der Waals surface area contributed by atoms with Gasteiger partial charge in [0.2, 0.25) is 11.8 Å². The van der Waals surface area contributed by atoms with Crippen molar-refractivity contribution in [3.05, 3.63) is 12.3 Å². The summed E-state index contributed by atoms with van der Waals surface area (Å²) in [6.45, 7) is 9.12. The fourth-order valence-electron chi connectivity index (χ4n) is 2.17. The van der Waals surface area contributed by atoms with Crippen LogP contribution in [0.25, 0.3) is 0 Å². The van der Waals surface area contributed by atoms with E-state index in [1.54, 1.807) is 6.20 Å². The lowest BCUT2D eigenvalue weighted by molar-refractivity contribution is 0.232. The van der Waals surface area contributed by atoms with Gasteiger partial charge >= 0.3 is 0 Å². The van der Waals surface area contributed by atoms with E-state index in [0.717, 1.165) is 32.0 Å². The molecule has 2 rings (SSSR count). The second-order valence-electron chi connectivity index (χ2n) is 4.82. The van der Waals surface area contributed by atoms with Gasteiger partial charge in [0.05, 0.1) is 6.10 Å². The fraction of sp³-hybridized carbons (Fsp3) is 0.692. The van der Waals surface area contributed by atoms with Gasteiger partial charge in [0.25, 0.3) is 0 Å². The van der Waals surface area contributed by atoms with Crippen molar-refractivity contribution in [3.8, 4) is 5.88 Å². The highest BCUT2D eigenvalue weighted by Crippen LogP contribution is 2.18. The van der Waals surface area contributed by atoms with Crippen molar-refractivity contribution < 1.29 is 4.74 Å². The third-order valence-electron chi connectivity index (χ3n) is 3.05. The van der Waals surface area contributed by atoms with Crippen molar-refractivity contribution in [2.75, 3.05) is 24.5 Å². The smallest absolute Gasteiger partial charge is 0.228 e. The highest BCUT2D eigenvalue weighted by molar-refractivity contribution is 5.34. The van der Waals surface area contributed by atoms with Crippen LogP contribution < -0.4 is 15.0 Å². The topological polar surface area (TPSA) is 50.3 Å². The molecule has 1 aromatic rings. The molecule has 1 aliphatic rings. The molecule has 0 aliphatic carbocycles. The molecule has 5 heteroatoms. The zero-order valence-corrected chi connectivity index (χ0v) is 11.4. The van der Waals surface area contributed by atoms with Gasteiger partial charge in [-0.1, -0.05) is 6.92 Å². The average Bonchev–Trinajstić information content (AvgIpc) is 2.38. The zero-order chi connectivity index (χ0) is 13.0. The van der Waals surface area contributed by atoms with E-state index in [4.69, 9.17) is 4.74 Å². The lowest BCUT2D eigenvalue weighted by atomic mass is 10.1. The van der Waals surface area contributed by atoms with E-state index in [2.05, 4.69) is 27.1 Å². The summed E-state index contributed by atoms with van der Waals surface area (Å²) in [5, 5.41) is 3.40. The molecule has 0 radical (unpaired) electrons. The fourth-order valence-corrected chi connectivity index (χ4v) is 2.17. The first kappa shape index (κ1) is 13.1. The molecule has 0 amide bonds. The molecule has 1 aromatic heterocycles. The van der Waals surface area contributed by atoms with Crippen molar-refractivity contribution in [2.24, 2.45) is 0 Å². The first-order chi connectivity index (χ1) is 8.70. The molecule has 2 heterocycles. The van der Waals surface area contributed by atoms with Crippen LogP contribution in [0.3, 0.4) is 0 Å². The van der Waals surface area contributed by atoms with Crippen molar-refractivity contribution in [3.63, 3.8) is 0 Å². The zero-order valence-electron chi connectivity index (χ0n) is 11.4. The summed E-state index contributed by atoms with van der Waals surface area (Å²) in [6, 6.07) is 2.28. The van der Waals surface area contributed by atoms with E-state index in [1.807, 2.05) is 19.9 Å². The molecule has 18 heavy (non-hydrogen) atoms. The second kappa shape index (κ2) is 6.00. The number of nitrogens with one attached hydrogen (secondary N) is 1. The van der Waals surface area contributed by atoms with Gasteiger partial charge in [0.15, 0.2) is 0 Å². The van der Waals surface area contributed by atoms with E-state index in [1.165, 1.54) is 0 Å². The maximum Gasteiger partial charge on any atom is 0.228 e. The van der Waals surface area contributed by atoms with Crippen molar-refractivity contribution in [1.29, 1.82) is 0 Å². The molecule has 100 valence electrons. The minimum Gasteiger partial charge on any atom is -0.475 e. The average molecular weight is 250 g/mol. The second-order valence-corrected chi connectivity index (χ2v) is 4.82. The first-order valence-corrected chi connectivity index (χ1v) is 6.67. The van der Waals surface area contributed by atoms with Crippen LogP contribution in [0.5, 0.6) is 5.88 Å². The summed E-state index contributed by atoms with van der Waals surface area (Å²) in [4.78, 5) is 11.1. The molecule has 1 aliphatic heterocycles. The van der Waals surface area contributed by atoms with Gasteiger partial charge in [-0.15, -0.1) is 0 Å². The summed E-state index contributed by atoms with van der Waals surface area (Å²) in [5.41, 5.74) is 0. The quantitative estimate of drug-likeness (QED) is 0.876. The maximum absolute atomic E-state index is 5.62. The third kappa shape index (κ3) is 3.10. The minimum atomic E-state index is 0.137. The number of anilines is 1. The van der Waals surface area contributed by atoms with E-state index >= 15 is 0 Å². The molecule has 0 spiro atoms. The summed E-state index contributed by atoms with van der Waals surface area (Å²) >= 11 is 0. The van der Waals surface area contributed by atoms with Gasteiger partial charge in [-0.2, -0.15) is 4.98 Å². The molecule has 1 saturated heterocycles. The number of ether oxygens (including phenoxy) is 1. The van der Waals surface area contributed by atoms with Crippen LogP contribution in [0.4, 0.5) is 5.95 Å². The van der Waals surface area contributed by atoms with Gasteiger partial charge in [-0.3, -0.25) is 0 Å². The predicted molar refractivity (Wildman–Crippen MR) is 72.1 cm³/mol. The molecule has 1 atom stereocenters. The van der Waals surface area contributed by atoms with Crippen LogP contribution in [0, 0.1) is 0 Å². The molecule has 0 saturated carbocycles. The van der Waals surface area contributed by atoms with Crippen LogP contribution in [0.15, 0.2) is 12.3 Å². The molecule has 1 N–H and O–H groups in total. The summed E-state index contributed by atoms with van der Waals surface area (Å²) in [6.07, 6.45) is 3.00. The summed E-state index contributed by atoms with van der Waals surface area (Å²) < 4.78 is 5.62. The Morgan fingerprint density at radius 2 is 2.39 bits per heavy atom. The van der Waals surface area contributed by atoms with E-state index in [0.29, 0.717) is 11.9 Å². The predicted octanol–water partition coefficient (Wildman–Crippen LogP) is 1.45. The first-order valence-electron chi connectivity index (χ1n) is 6.67. The van der Waals surface area contributed by atoms with Gasteiger partial charge in [-0.05, 0) is 20.3 Å². The molecule has 1 fully saturated rings. The van der Waals surface area contributed by atoms with Gasteiger partial charge < -0.3 is 15.0 Å². The Labute approximate surface area is 109 Å². The van der Waals surface area contributed by atoms with Crippen LogP contribution in [-0.2, 0) is 0 Å².